The number of hydrogen-bond acceptors (Lipinski definition) is 3. The van der Waals surface area contributed by atoms with Crippen LogP contribution in [0.1, 0.15) is 71.6 Å². The summed E-state index contributed by atoms with van der Waals surface area (Å²) in [6, 6.07) is 0. The maximum Gasteiger partial charge on any atom is 0.155 e. The summed E-state index contributed by atoms with van der Waals surface area (Å²) in [6.07, 6.45) is 9.82. The van der Waals surface area contributed by atoms with Gasteiger partial charge in [-0.15, -0.1) is 0 Å². The van der Waals surface area contributed by atoms with Crippen LogP contribution in [0.3, 0.4) is 0 Å². The number of allylic oxidation sites excluding steroid dienone is 1. The Bertz CT molecular complexity index is 689. The van der Waals surface area contributed by atoms with Gasteiger partial charge in [-0.2, -0.15) is 0 Å². The Morgan fingerprint density at radius 2 is 1.72 bits per heavy atom. The topological polar surface area (TPSA) is 54.4 Å². The highest BCUT2D eigenvalue weighted by molar-refractivity contribution is 5.92. The van der Waals surface area contributed by atoms with Crippen LogP contribution in [0.2, 0.25) is 0 Å². The third-order valence-electron chi connectivity index (χ3n) is 9.25. The Labute approximate surface area is 150 Å². The van der Waals surface area contributed by atoms with Crippen LogP contribution >= 0.6 is 0 Å². The van der Waals surface area contributed by atoms with Crippen LogP contribution in [0.15, 0.2) is 11.6 Å². The molecule has 0 amide bonds. The van der Waals surface area contributed by atoms with E-state index in [-0.39, 0.29) is 22.0 Å². The summed E-state index contributed by atoms with van der Waals surface area (Å²) in [7, 11) is 0. The number of aliphatic hydroxyl groups excluding tert-OH is 1. The molecule has 2 unspecified atom stereocenters. The van der Waals surface area contributed by atoms with Crippen LogP contribution in [0.4, 0.5) is 0 Å². The third-order valence-corrected chi connectivity index (χ3v) is 9.25. The fourth-order valence-corrected chi connectivity index (χ4v) is 8.07. The minimum absolute atomic E-state index is 0.0582. The van der Waals surface area contributed by atoms with Crippen molar-refractivity contribution in [3.8, 4) is 0 Å². The van der Waals surface area contributed by atoms with Gasteiger partial charge < -0.3 is 5.11 Å². The monoisotopic (exact) mass is 342 g/mol. The summed E-state index contributed by atoms with van der Waals surface area (Å²) in [5, 5.41) is 11.6. The predicted octanol–water partition coefficient (Wildman–Crippen LogP) is 3.84. The Morgan fingerprint density at radius 1 is 1.00 bits per heavy atom. The second kappa shape index (κ2) is 4.85. The maximum absolute atomic E-state index is 12.7. The van der Waals surface area contributed by atoms with Gasteiger partial charge in [0.05, 0.1) is 6.10 Å². The van der Waals surface area contributed by atoms with E-state index in [0.717, 1.165) is 25.7 Å². The molecule has 0 heterocycles. The summed E-state index contributed by atoms with van der Waals surface area (Å²) >= 11 is 0. The molecule has 136 valence electrons. The molecule has 0 spiro atoms. The second-order valence-electron chi connectivity index (χ2n) is 10.0. The lowest BCUT2D eigenvalue weighted by Gasteiger charge is -2.67. The van der Waals surface area contributed by atoms with E-state index >= 15 is 0 Å². The van der Waals surface area contributed by atoms with Crippen LogP contribution in [0, 0.1) is 34.0 Å². The standard InChI is InChI=1S/C22H30O3/c1-20-12-19(25)22(13-3-4-13)17(16(20)7-8-18(20)24)6-5-14-11-15(23)9-10-21(14,22)2/h11,13,16-17,19,25H,3-10,12H2,1-2H3/t16?,17-,19-,20-,21+,22?/m0/s1. The lowest BCUT2D eigenvalue weighted by atomic mass is 9.37. The summed E-state index contributed by atoms with van der Waals surface area (Å²) in [5.41, 5.74) is 0.827. The number of ketones is 2. The average Bonchev–Trinajstić information content (AvgIpc) is 3.35. The molecule has 4 fully saturated rings. The predicted molar refractivity (Wildman–Crippen MR) is 94.8 cm³/mol. The molecular weight excluding hydrogens is 312 g/mol. The van der Waals surface area contributed by atoms with Crippen molar-refractivity contribution in [3.05, 3.63) is 11.6 Å². The van der Waals surface area contributed by atoms with Crippen molar-refractivity contribution in [1.82, 2.24) is 0 Å². The van der Waals surface area contributed by atoms with Gasteiger partial charge in [-0.25, -0.2) is 0 Å². The van der Waals surface area contributed by atoms with Crippen molar-refractivity contribution < 1.29 is 14.7 Å². The van der Waals surface area contributed by atoms with E-state index in [9.17, 15) is 14.7 Å². The number of hydrogen-bond donors (Lipinski definition) is 1. The van der Waals surface area contributed by atoms with E-state index in [1.54, 1.807) is 0 Å². The molecule has 0 bridgehead atoms. The molecule has 5 rings (SSSR count). The highest BCUT2D eigenvalue weighted by Gasteiger charge is 2.72. The van der Waals surface area contributed by atoms with Crippen molar-refractivity contribution in [2.45, 2.75) is 77.7 Å². The van der Waals surface area contributed by atoms with Gasteiger partial charge in [0.25, 0.3) is 0 Å². The number of carbonyl (C=O) groups is 2. The first kappa shape index (κ1) is 16.2. The molecule has 0 aromatic rings. The zero-order valence-electron chi connectivity index (χ0n) is 15.5. The minimum atomic E-state index is -0.407. The highest BCUT2D eigenvalue weighted by atomic mass is 16.3. The summed E-state index contributed by atoms with van der Waals surface area (Å²) in [6.45, 7) is 4.48. The van der Waals surface area contributed by atoms with E-state index in [0.29, 0.717) is 42.8 Å². The van der Waals surface area contributed by atoms with E-state index < -0.39 is 6.10 Å². The maximum atomic E-state index is 12.7. The van der Waals surface area contributed by atoms with Gasteiger partial charge in [0, 0.05) is 23.7 Å². The van der Waals surface area contributed by atoms with Crippen LogP contribution in [0.5, 0.6) is 0 Å². The quantitative estimate of drug-likeness (QED) is 0.788. The lowest BCUT2D eigenvalue weighted by molar-refractivity contribution is -0.205. The van der Waals surface area contributed by atoms with Gasteiger partial charge in [0.15, 0.2) is 5.78 Å². The SMILES string of the molecule is C[C@]12C[C@H](O)C3(C4CC4)[C@@H](CCC4=CC(=O)CC[C@]43C)C1CCC2=O. The molecule has 0 aromatic heterocycles. The molecular formula is C22H30O3. The Morgan fingerprint density at radius 3 is 2.44 bits per heavy atom. The van der Waals surface area contributed by atoms with Crippen molar-refractivity contribution in [2.24, 2.45) is 34.0 Å². The zero-order chi connectivity index (χ0) is 17.6. The number of carbonyl (C=O) groups excluding carboxylic acids is 2. The van der Waals surface area contributed by atoms with E-state index in [1.807, 2.05) is 6.08 Å². The number of aliphatic hydroxyl groups is 1. The third kappa shape index (κ3) is 1.76. The van der Waals surface area contributed by atoms with Gasteiger partial charge in [-0.05, 0) is 74.2 Å². The summed E-state index contributed by atoms with van der Waals surface area (Å²) in [4.78, 5) is 24.8. The molecule has 5 aliphatic rings. The van der Waals surface area contributed by atoms with Crippen molar-refractivity contribution >= 4 is 11.6 Å². The first-order chi connectivity index (χ1) is 11.8. The molecule has 1 N–H and O–H groups in total. The van der Waals surface area contributed by atoms with Crippen molar-refractivity contribution in [3.63, 3.8) is 0 Å². The lowest BCUT2D eigenvalue weighted by Crippen LogP contribution is -2.65. The molecule has 5 aliphatic carbocycles. The smallest absolute Gasteiger partial charge is 0.155 e. The van der Waals surface area contributed by atoms with Gasteiger partial charge in [0.1, 0.15) is 5.78 Å². The molecule has 0 aliphatic heterocycles. The molecule has 3 heteroatoms. The Kier molecular flexibility index (Phi) is 3.15. The Balaban J connectivity index is 1.69. The summed E-state index contributed by atoms with van der Waals surface area (Å²) < 4.78 is 0. The van der Waals surface area contributed by atoms with Gasteiger partial charge >= 0.3 is 0 Å². The molecule has 4 saturated carbocycles. The number of Topliss-reactive ketones (excluding diaryl/α,β-unsaturated/α-hetero) is 1. The van der Waals surface area contributed by atoms with Crippen molar-refractivity contribution in [2.75, 3.05) is 0 Å². The van der Waals surface area contributed by atoms with Crippen molar-refractivity contribution in [1.29, 1.82) is 0 Å². The first-order valence-electron chi connectivity index (χ1n) is 10.3. The molecule has 25 heavy (non-hydrogen) atoms. The molecule has 0 aromatic carbocycles. The van der Waals surface area contributed by atoms with Crippen LogP contribution in [-0.4, -0.2) is 22.8 Å². The zero-order valence-corrected chi connectivity index (χ0v) is 15.5. The highest BCUT2D eigenvalue weighted by Crippen LogP contribution is 2.75. The number of fused-ring (bicyclic) bond motifs is 5. The fourth-order valence-electron chi connectivity index (χ4n) is 8.07. The largest absolute Gasteiger partial charge is 0.392 e. The normalized spacial score (nSPS) is 52.3. The van der Waals surface area contributed by atoms with Crippen LogP contribution < -0.4 is 0 Å². The molecule has 0 radical (unpaired) electrons. The molecule has 0 saturated heterocycles. The van der Waals surface area contributed by atoms with Gasteiger partial charge in [-0.3, -0.25) is 9.59 Å². The van der Waals surface area contributed by atoms with E-state index in [4.69, 9.17) is 0 Å². The minimum Gasteiger partial charge on any atom is -0.392 e. The molecule has 3 nitrogen and oxygen atoms in total. The van der Waals surface area contributed by atoms with E-state index in [1.165, 1.54) is 18.4 Å². The van der Waals surface area contributed by atoms with Gasteiger partial charge in [-0.1, -0.05) is 19.4 Å². The average molecular weight is 342 g/mol. The van der Waals surface area contributed by atoms with Crippen LogP contribution in [0.25, 0.3) is 0 Å². The molecule has 6 atom stereocenters. The summed E-state index contributed by atoms with van der Waals surface area (Å²) in [5.74, 6) is 2.10. The second-order valence-corrected chi connectivity index (χ2v) is 10.0. The fraction of sp³-hybridized carbons (Fsp3) is 0.818. The Hall–Kier alpha value is -0.960. The number of rotatable bonds is 1. The van der Waals surface area contributed by atoms with Crippen LogP contribution in [-0.2, 0) is 9.59 Å². The van der Waals surface area contributed by atoms with Gasteiger partial charge in [0.2, 0.25) is 0 Å². The van der Waals surface area contributed by atoms with E-state index in [2.05, 4.69) is 13.8 Å². The first-order valence-corrected chi connectivity index (χ1v) is 10.3.